The highest BCUT2D eigenvalue weighted by Crippen LogP contribution is 2.32. The van der Waals surface area contributed by atoms with Crippen molar-refractivity contribution in [2.24, 2.45) is 0 Å². The van der Waals surface area contributed by atoms with E-state index in [1.165, 1.54) is 4.90 Å². The van der Waals surface area contributed by atoms with Crippen LogP contribution in [0.1, 0.15) is 58.3 Å². The molecule has 0 aliphatic carbocycles. The van der Waals surface area contributed by atoms with E-state index in [0.717, 1.165) is 10.8 Å². The number of imide groups is 1. The van der Waals surface area contributed by atoms with Gasteiger partial charge < -0.3 is 9.47 Å². The van der Waals surface area contributed by atoms with Crippen LogP contribution in [0.5, 0.6) is 5.75 Å². The Bertz CT molecular complexity index is 1170. The monoisotopic (exact) mass is 431 g/mol. The Labute approximate surface area is 186 Å². The number of hydrogen-bond acceptors (Lipinski definition) is 5. The van der Waals surface area contributed by atoms with Crippen molar-refractivity contribution in [1.29, 1.82) is 0 Å². The number of benzene rings is 3. The van der Waals surface area contributed by atoms with Crippen molar-refractivity contribution in [3.63, 3.8) is 0 Å². The molecule has 6 nitrogen and oxygen atoms in total. The van der Waals surface area contributed by atoms with Gasteiger partial charge in [0.25, 0.3) is 11.8 Å². The normalized spacial score (nSPS) is 13.4. The highest BCUT2D eigenvalue weighted by atomic mass is 16.6. The van der Waals surface area contributed by atoms with Gasteiger partial charge in [0.1, 0.15) is 16.9 Å². The first-order chi connectivity index (χ1) is 15.3. The average molecular weight is 431 g/mol. The number of rotatable bonds is 6. The van der Waals surface area contributed by atoms with Crippen LogP contribution in [0.15, 0.2) is 60.7 Å². The fraction of sp³-hybridized carbons (Fsp3) is 0.269. The molecule has 0 spiro atoms. The fourth-order valence-corrected chi connectivity index (χ4v) is 3.73. The lowest BCUT2D eigenvalue weighted by atomic mass is 10.0. The summed E-state index contributed by atoms with van der Waals surface area (Å²) in [5, 5.41) is 1.74. The van der Waals surface area contributed by atoms with Gasteiger partial charge in [0.15, 0.2) is 0 Å². The lowest BCUT2D eigenvalue weighted by molar-refractivity contribution is 0.00659. The number of ether oxygens (including phenoxy) is 2. The van der Waals surface area contributed by atoms with E-state index in [0.29, 0.717) is 28.9 Å². The zero-order valence-electron chi connectivity index (χ0n) is 18.4. The lowest BCUT2D eigenvalue weighted by Crippen LogP contribution is -2.31. The Hall–Kier alpha value is -3.67. The van der Waals surface area contributed by atoms with Crippen LogP contribution in [0.3, 0.4) is 0 Å². The Balaban J connectivity index is 1.49. The van der Waals surface area contributed by atoms with Crippen molar-refractivity contribution in [1.82, 2.24) is 4.90 Å². The van der Waals surface area contributed by atoms with E-state index in [2.05, 4.69) is 0 Å². The van der Waals surface area contributed by atoms with Gasteiger partial charge in [-0.3, -0.25) is 14.5 Å². The largest absolute Gasteiger partial charge is 0.492 e. The first-order valence-corrected chi connectivity index (χ1v) is 10.6. The molecule has 164 valence electrons. The minimum atomic E-state index is -0.633. The number of nitrogens with zero attached hydrogens (tertiary/aromatic N) is 1. The molecular formula is C26H25NO5. The van der Waals surface area contributed by atoms with Gasteiger partial charge in [-0.2, -0.15) is 0 Å². The Morgan fingerprint density at radius 3 is 2.16 bits per heavy atom. The number of hydrogen-bond donors (Lipinski definition) is 0. The SMILES string of the molecule is CC(C)(C)OC(=O)c1ccc2ccccc2c1OCCCN1C(=O)c2ccccc2C1=O. The molecule has 4 rings (SSSR count). The van der Waals surface area contributed by atoms with Gasteiger partial charge in [0.05, 0.1) is 17.7 Å². The van der Waals surface area contributed by atoms with Gasteiger partial charge in [-0.25, -0.2) is 4.79 Å². The second-order valence-electron chi connectivity index (χ2n) is 8.67. The summed E-state index contributed by atoms with van der Waals surface area (Å²) in [5.74, 6) is -0.589. The van der Waals surface area contributed by atoms with Crippen molar-refractivity contribution < 1.29 is 23.9 Å². The Morgan fingerprint density at radius 1 is 0.875 bits per heavy atom. The number of amides is 2. The van der Waals surface area contributed by atoms with Crippen molar-refractivity contribution in [2.45, 2.75) is 32.8 Å². The van der Waals surface area contributed by atoms with E-state index < -0.39 is 11.6 Å². The van der Waals surface area contributed by atoms with Crippen LogP contribution in [0, 0.1) is 0 Å². The molecule has 3 aromatic rings. The summed E-state index contributed by atoms with van der Waals surface area (Å²) in [6, 6.07) is 18.0. The minimum absolute atomic E-state index is 0.233. The number of carbonyl (C=O) groups is 3. The highest BCUT2D eigenvalue weighted by molar-refractivity contribution is 6.21. The van der Waals surface area contributed by atoms with Gasteiger partial charge in [0.2, 0.25) is 0 Å². The van der Waals surface area contributed by atoms with Crippen LogP contribution in [-0.2, 0) is 4.74 Å². The quantitative estimate of drug-likeness (QED) is 0.317. The average Bonchev–Trinajstić information content (AvgIpc) is 3.00. The molecule has 0 fully saturated rings. The van der Waals surface area contributed by atoms with Gasteiger partial charge in [0, 0.05) is 11.9 Å². The zero-order chi connectivity index (χ0) is 22.9. The molecule has 2 amide bonds. The Kier molecular flexibility index (Phi) is 5.70. The summed E-state index contributed by atoms with van der Waals surface area (Å²) in [6.07, 6.45) is 0.433. The second kappa shape index (κ2) is 8.46. The molecule has 0 radical (unpaired) electrons. The van der Waals surface area contributed by atoms with Crippen LogP contribution in [0.4, 0.5) is 0 Å². The molecule has 6 heteroatoms. The topological polar surface area (TPSA) is 72.9 Å². The third kappa shape index (κ3) is 4.21. The van der Waals surface area contributed by atoms with E-state index >= 15 is 0 Å². The third-order valence-electron chi connectivity index (χ3n) is 5.15. The zero-order valence-corrected chi connectivity index (χ0v) is 18.4. The fourth-order valence-electron chi connectivity index (χ4n) is 3.73. The van der Waals surface area contributed by atoms with Crippen LogP contribution < -0.4 is 4.74 Å². The molecule has 1 aliphatic rings. The maximum Gasteiger partial charge on any atom is 0.342 e. The molecule has 0 N–H and O–H groups in total. The molecule has 0 bridgehead atoms. The summed E-state index contributed by atoms with van der Waals surface area (Å²) < 4.78 is 11.6. The molecule has 3 aromatic carbocycles. The van der Waals surface area contributed by atoms with Crippen molar-refractivity contribution >= 4 is 28.6 Å². The molecule has 1 heterocycles. The first kappa shape index (κ1) is 21.6. The Morgan fingerprint density at radius 2 is 1.50 bits per heavy atom. The van der Waals surface area contributed by atoms with Crippen molar-refractivity contribution in [2.75, 3.05) is 13.2 Å². The summed E-state index contributed by atoms with van der Waals surface area (Å²) in [6.45, 7) is 5.91. The number of esters is 1. The van der Waals surface area contributed by atoms with Crippen LogP contribution >= 0.6 is 0 Å². The molecular weight excluding hydrogens is 406 g/mol. The van der Waals surface area contributed by atoms with E-state index in [4.69, 9.17) is 9.47 Å². The predicted molar refractivity (Wildman–Crippen MR) is 121 cm³/mol. The minimum Gasteiger partial charge on any atom is -0.492 e. The molecule has 0 saturated carbocycles. The maximum absolute atomic E-state index is 12.8. The van der Waals surface area contributed by atoms with Crippen LogP contribution in [-0.4, -0.2) is 41.4 Å². The van der Waals surface area contributed by atoms with E-state index in [9.17, 15) is 14.4 Å². The molecule has 0 aromatic heterocycles. The van der Waals surface area contributed by atoms with Crippen molar-refractivity contribution in [3.05, 3.63) is 77.4 Å². The van der Waals surface area contributed by atoms with E-state index in [1.54, 1.807) is 30.3 Å². The van der Waals surface area contributed by atoms with Gasteiger partial charge in [-0.15, -0.1) is 0 Å². The highest BCUT2D eigenvalue weighted by Gasteiger charge is 2.34. The standard InChI is InChI=1S/C26H25NO5/c1-26(2,3)32-25(30)21-14-13-17-9-4-5-10-18(17)22(21)31-16-8-15-27-23(28)19-11-6-7-12-20(19)24(27)29/h4-7,9-14H,8,15-16H2,1-3H3. The first-order valence-electron chi connectivity index (χ1n) is 10.6. The summed E-state index contributed by atoms with van der Waals surface area (Å²) in [5.41, 5.74) is 0.574. The predicted octanol–water partition coefficient (Wildman–Crippen LogP) is 4.86. The number of carbonyl (C=O) groups excluding carboxylic acids is 3. The number of fused-ring (bicyclic) bond motifs is 2. The van der Waals surface area contributed by atoms with Crippen LogP contribution in [0.2, 0.25) is 0 Å². The summed E-state index contributed by atoms with van der Waals surface area (Å²) in [4.78, 5) is 39.1. The molecule has 1 aliphatic heterocycles. The maximum atomic E-state index is 12.8. The van der Waals surface area contributed by atoms with E-state index in [1.807, 2.05) is 51.1 Å². The molecule has 0 unspecified atom stereocenters. The summed E-state index contributed by atoms with van der Waals surface area (Å²) in [7, 11) is 0. The smallest absolute Gasteiger partial charge is 0.342 e. The van der Waals surface area contributed by atoms with Gasteiger partial charge >= 0.3 is 5.97 Å². The van der Waals surface area contributed by atoms with Crippen molar-refractivity contribution in [3.8, 4) is 5.75 Å². The summed E-state index contributed by atoms with van der Waals surface area (Å²) >= 11 is 0. The lowest BCUT2D eigenvalue weighted by Gasteiger charge is -2.21. The molecule has 0 saturated heterocycles. The third-order valence-corrected chi connectivity index (χ3v) is 5.15. The molecule has 32 heavy (non-hydrogen) atoms. The molecule has 0 atom stereocenters. The van der Waals surface area contributed by atoms with E-state index in [-0.39, 0.29) is 25.0 Å². The van der Waals surface area contributed by atoms with Gasteiger partial charge in [-0.05, 0) is 50.8 Å². The van der Waals surface area contributed by atoms with Gasteiger partial charge in [-0.1, -0.05) is 42.5 Å². The van der Waals surface area contributed by atoms with Crippen LogP contribution in [0.25, 0.3) is 10.8 Å². The second-order valence-corrected chi connectivity index (χ2v) is 8.67.